The molecule has 1 amide bonds. The monoisotopic (exact) mass is 276 g/mol. The average molecular weight is 276 g/mol. The normalized spacial score (nSPS) is 11.2. The van der Waals surface area contributed by atoms with Crippen molar-refractivity contribution in [2.75, 3.05) is 7.11 Å². The Hall–Kier alpha value is -2.30. The quantitative estimate of drug-likeness (QED) is 0.638. The van der Waals surface area contributed by atoms with Gasteiger partial charge in [0.15, 0.2) is 5.78 Å². The van der Waals surface area contributed by atoms with Crippen LogP contribution in [-0.4, -0.2) is 18.8 Å². The van der Waals surface area contributed by atoms with Gasteiger partial charge in [-0.05, 0) is 24.3 Å². The van der Waals surface area contributed by atoms with Gasteiger partial charge in [-0.25, -0.2) is 0 Å². The molecule has 0 aliphatic carbocycles. The lowest BCUT2D eigenvalue weighted by Gasteiger charge is -2.13. The third kappa shape index (κ3) is 4.76. The molecule has 5 nitrogen and oxygen atoms in total. The zero-order valence-corrected chi connectivity index (χ0v) is 12.2. The first-order valence-corrected chi connectivity index (χ1v) is 6.25. The van der Waals surface area contributed by atoms with E-state index in [1.165, 1.54) is 19.4 Å². The highest BCUT2D eigenvalue weighted by molar-refractivity contribution is 5.95. The molecule has 0 saturated carbocycles. The molecule has 0 spiro atoms. The summed E-state index contributed by atoms with van der Waals surface area (Å²) in [6.45, 7) is 5.48. The largest absolute Gasteiger partial charge is 0.497 e. The molecule has 0 unspecified atom stereocenters. The maximum Gasteiger partial charge on any atom is 0.269 e. The molecule has 1 aromatic rings. The Morgan fingerprint density at radius 2 is 1.95 bits per heavy atom. The van der Waals surface area contributed by atoms with Crippen molar-refractivity contribution in [3.63, 3.8) is 0 Å². The highest BCUT2D eigenvalue weighted by Gasteiger charge is 2.17. The second kappa shape index (κ2) is 6.75. The molecule has 0 aliphatic heterocycles. The topological polar surface area (TPSA) is 67.4 Å². The Morgan fingerprint density at radius 3 is 2.55 bits per heavy atom. The number of nitrogens with one attached hydrogen (secondary N) is 2. The van der Waals surface area contributed by atoms with E-state index in [0.29, 0.717) is 11.3 Å². The van der Waals surface area contributed by atoms with Crippen molar-refractivity contribution in [2.45, 2.75) is 20.8 Å². The molecular formula is C15H20N2O3. The van der Waals surface area contributed by atoms with Crippen molar-refractivity contribution < 1.29 is 14.3 Å². The van der Waals surface area contributed by atoms with Gasteiger partial charge < -0.3 is 10.2 Å². The summed E-state index contributed by atoms with van der Waals surface area (Å²) in [6.07, 6.45) is 2.80. The molecule has 5 heteroatoms. The molecule has 0 saturated heterocycles. The Bertz CT molecular complexity index is 516. The number of carbonyl (C=O) groups is 2. The van der Waals surface area contributed by atoms with E-state index in [2.05, 4.69) is 10.9 Å². The first-order valence-electron chi connectivity index (χ1n) is 6.25. The van der Waals surface area contributed by atoms with Crippen LogP contribution in [0.1, 0.15) is 31.1 Å². The summed E-state index contributed by atoms with van der Waals surface area (Å²) in [6, 6.07) is 6.78. The Kier molecular flexibility index (Phi) is 5.32. The van der Waals surface area contributed by atoms with E-state index in [-0.39, 0.29) is 11.7 Å². The van der Waals surface area contributed by atoms with E-state index in [9.17, 15) is 9.59 Å². The van der Waals surface area contributed by atoms with Gasteiger partial charge in [0.25, 0.3) is 5.91 Å². The van der Waals surface area contributed by atoms with Gasteiger partial charge in [-0.2, -0.15) is 0 Å². The van der Waals surface area contributed by atoms with E-state index < -0.39 is 5.41 Å². The number of hydrogen-bond donors (Lipinski definition) is 2. The molecule has 0 radical (unpaired) electrons. The van der Waals surface area contributed by atoms with E-state index >= 15 is 0 Å². The van der Waals surface area contributed by atoms with Gasteiger partial charge in [0.2, 0.25) is 0 Å². The van der Waals surface area contributed by atoms with E-state index in [4.69, 9.17) is 4.74 Å². The number of ketones is 1. The first-order chi connectivity index (χ1) is 9.34. The van der Waals surface area contributed by atoms with Crippen LogP contribution in [0.2, 0.25) is 0 Å². The van der Waals surface area contributed by atoms with Crippen LogP contribution in [-0.2, 0) is 4.79 Å². The number of allylic oxidation sites excluding steroid dienone is 1. The number of hydrogen-bond acceptors (Lipinski definition) is 4. The van der Waals surface area contributed by atoms with E-state index in [0.717, 1.165) is 0 Å². The molecule has 0 bridgehead atoms. The molecule has 0 atom stereocenters. The molecule has 1 aromatic carbocycles. The van der Waals surface area contributed by atoms with Crippen LogP contribution in [0.3, 0.4) is 0 Å². The summed E-state index contributed by atoms with van der Waals surface area (Å²) in [5.41, 5.74) is 5.09. The van der Waals surface area contributed by atoms with Gasteiger partial charge in [-0.3, -0.25) is 15.0 Å². The van der Waals surface area contributed by atoms with Gasteiger partial charge in [-0.15, -0.1) is 0 Å². The van der Waals surface area contributed by atoms with Gasteiger partial charge in [0.1, 0.15) is 5.75 Å². The zero-order chi connectivity index (χ0) is 15.2. The third-order valence-corrected chi connectivity index (χ3v) is 2.57. The molecular weight excluding hydrogens is 256 g/mol. The van der Waals surface area contributed by atoms with Crippen LogP contribution < -0.4 is 15.6 Å². The minimum atomic E-state index is -0.436. The summed E-state index contributed by atoms with van der Waals surface area (Å²) in [7, 11) is 1.54. The SMILES string of the molecule is COc1cccc(C(=O)NN/C=C/C(=O)C(C)(C)C)c1. The van der Waals surface area contributed by atoms with Crippen LogP contribution in [0.5, 0.6) is 5.75 Å². The number of hydrazine groups is 1. The number of benzene rings is 1. The van der Waals surface area contributed by atoms with E-state index in [1.54, 1.807) is 24.3 Å². The number of amides is 1. The lowest BCUT2D eigenvalue weighted by Crippen LogP contribution is -2.33. The summed E-state index contributed by atoms with van der Waals surface area (Å²) in [5.74, 6) is 0.272. The van der Waals surface area contributed by atoms with Crippen LogP contribution in [0.25, 0.3) is 0 Å². The predicted molar refractivity (Wildman–Crippen MR) is 77.2 cm³/mol. The highest BCUT2D eigenvalue weighted by Crippen LogP contribution is 2.14. The van der Waals surface area contributed by atoms with Crippen molar-refractivity contribution in [2.24, 2.45) is 5.41 Å². The maximum atomic E-state index is 11.8. The first kappa shape index (κ1) is 15.8. The van der Waals surface area contributed by atoms with Gasteiger partial charge >= 0.3 is 0 Å². The summed E-state index contributed by atoms with van der Waals surface area (Å²) < 4.78 is 5.04. The second-order valence-corrected chi connectivity index (χ2v) is 5.28. The van der Waals surface area contributed by atoms with Crippen LogP contribution in [0.15, 0.2) is 36.5 Å². The number of carbonyl (C=O) groups excluding carboxylic acids is 2. The van der Waals surface area contributed by atoms with E-state index in [1.807, 2.05) is 20.8 Å². The standard InChI is InChI=1S/C15H20N2O3/c1-15(2,3)13(18)8-9-16-17-14(19)11-6-5-7-12(10-11)20-4/h5-10,16H,1-4H3,(H,17,19)/b9-8+. The van der Waals surface area contributed by atoms with Gasteiger partial charge in [0.05, 0.1) is 7.11 Å². The fourth-order valence-electron chi connectivity index (χ4n) is 1.31. The van der Waals surface area contributed by atoms with Crippen LogP contribution in [0, 0.1) is 5.41 Å². The van der Waals surface area contributed by atoms with Crippen LogP contribution in [0.4, 0.5) is 0 Å². The Balaban J connectivity index is 2.52. The fourth-order valence-corrected chi connectivity index (χ4v) is 1.31. The number of rotatable bonds is 5. The van der Waals surface area contributed by atoms with Crippen molar-refractivity contribution in [1.29, 1.82) is 0 Å². The molecule has 108 valence electrons. The summed E-state index contributed by atoms with van der Waals surface area (Å²) in [4.78, 5) is 23.4. The molecule has 0 fully saturated rings. The minimum absolute atomic E-state index is 0.0272. The number of methoxy groups -OCH3 is 1. The molecule has 0 heterocycles. The average Bonchev–Trinajstić information content (AvgIpc) is 2.42. The summed E-state index contributed by atoms with van der Waals surface area (Å²) in [5, 5.41) is 0. The lowest BCUT2D eigenvalue weighted by molar-refractivity contribution is -0.121. The summed E-state index contributed by atoms with van der Waals surface area (Å²) >= 11 is 0. The Labute approximate surface area is 119 Å². The highest BCUT2D eigenvalue weighted by atomic mass is 16.5. The van der Waals surface area contributed by atoms with Crippen molar-refractivity contribution >= 4 is 11.7 Å². The zero-order valence-electron chi connectivity index (χ0n) is 12.2. The maximum absolute atomic E-state index is 11.8. The number of ether oxygens (including phenoxy) is 1. The fraction of sp³-hybridized carbons (Fsp3) is 0.333. The Morgan fingerprint density at radius 1 is 1.25 bits per heavy atom. The third-order valence-electron chi connectivity index (χ3n) is 2.57. The molecule has 2 N–H and O–H groups in total. The predicted octanol–water partition coefficient (Wildman–Crippen LogP) is 2.06. The molecule has 0 aliphatic rings. The van der Waals surface area contributed by atoms with Crippen molar-refractivity contribution in [3.05, 3.63) is 42.1 Å². The molecule has 20 heavy (non-hydrogen) atoms. The lowest BCUT2D eigenvalue weighted by atomic mass is 9.91. The smallest absolute Gasteiger partial charge is 0.269 e. The van der Waals surface area contributed by atoms with Crippen LogP contribution >= 0.6 is 0 Å². The second-order valence-electron chi connectivity index (χ2n) is 5.28. The molecule has 1 rings (SSSR count). The molecule has 0 aromatic heterocycles. The minimum Gasteiger partial charge on any atom is -0.497 e. The van der Waals surface area contributed by atoms with Gasteiger partial charge in [0, 0.05) is 17.2 Å². The van der Waals surface area contributed by atoms with Crippen molar-refractivity contribution in [1.82, 2.24) is 10.9 Å². The van der Waals surface area contributed by atoms with Gasteiger partial charge in [-0.1, -0.05) is 26.8 Å². The van der Waals surface area contributed by atoms with Crippen molar-refractivity contribution in [3.8, 4) is 5.75 Å².